The van der Waals surface area contributed by atoms with E-state index in [1.807, 2.05) is 30.3 Å². The predicted octanol–water partition coefficient (Wildman–Crippen LogP) is 4.79. The molecule has 1 atom stereocenters. The van der Waals surface area contributed by atoms with Crippen molar-refractivity contribution in [1.82, 2.24) is 0 Å². The number of benzene rings is 3. The summed E-state index contributed by atoms with van der Waals surface area (Å²) in [5.41, 5.74) is 1.62. The number of esters is 1. The number of carbonyl (C=O) groups is 3. The van der Waals surface area contributed by atoms with E-state index in [0.29, 0.717) is 30.0 Å². The Morgan fingerprint density at radius 1 is 0.909 bits per heavy atom. The number of anilines is 2. The first-order valence-corrected chi connectivity index (χ1v) is 10.7. The molecule has 33 heavy (non-hydrogen) atoms. The molecule has 1 aliphatic rings. The van der Waals surface area contributed by atoms with Crippen molar-refractivity contribution >= 4 is 29.2 Å². The number of ether oxygens (including phenoxy) is 2. The van der Waals surface area contributed by atoms with Crippen LogP contribution in [-0.2, 0) is 14.3 Å². The zero-order valence-corrected chi connectivity index (χ0v) is 18.2. The Balaban J connectivity index is 1.30. The van der Waals surface area contributed by atoms with Crippen molar-refractivity contribution in [3.8, 4) is 11.5 Å². The van der Waals surface area contributed by atoms with Gasteiger partial charge in [0.15, 0.2) is 6.10 Å². The fraction of sp³-hybridized carbons (Fsp3) is 0.192. The molecule has 7 nitrogen and oxygen atoms in total. The summed E-state index contributed by atoms with van der Waals surface area (Å²) in [7, 11) is 0. The van der Waals surface area contributed by atoms with Gasteiger partial charge in [0.05, 0.1) is 5.56 Å². The van der Waals surface area contributed by atoms with Crippen LogP contribution in [0.1, 0.15) is 30.1 Å². The maximum absolute atomic E-state index is 12.5. The summed E-state index contributed by atoms with van der Waals surface area (Å²) < 4.78 is 11.0. The molecule has 0 saturated carbocycles. The van der Waals surface area contributed by atoms with Gasteiger partial charge < -0.3 is 19.7 Å². The van der Waals surface area contributed by atoms with Gasteiger partial charge in [-0.1, -0.05) is 18.2 Å². The van der Waals surface area contributed by atoms with Crippen LogP contribution in [0.25, 0.3) is 0 Å². The number of carbonyl (C=O) groups excluding carboxylic acids is 3. The number of amides is 2. The van der Waals surface area contributed by atoms with Crippen LogP contribution in [0.4, 0.5) is 11.4 Å². The van der Waals surface area contributed by atoms with Crippen molar-refractivity contribution < 1.29 is 23.9 Å². The van der Waals surface area contributed by atoms with Gasteiger partial charge in [0, 0.05) is 24.3 Å². The molecule has 0 bridgehead atoms. The first kappa shape index (κ1) is 22.1. The molecule has 168 valence electrons. The summed E-state index contributed by atoms with van der Waals surface area (Å²) in [6.45, 7) is 2.19. The van der Waals surface area contributed by atoms with Gasteiger partial charge in [-0.2, -0.15) is 0 Å². The quantitative estimate of drug-likeness (QED) is 0.530. The summed E-state index contributed by atoms with van der Waals surface area (Å²) in [5, 5.41) is 2.72. The molecule has 1 N–H and O–H groups in total. The zero-order chi connectivity index (χ0) is 23.2. The van der Waals surface area contributed by atoms with Crippen molar-refractivity contribution in [3.05, 3.63) is 84.4 Å². The van der Waals surface area contributed by atoms with Crippen LogP contribution in [0.15, 0.2) is 78.9 Å². The smallest absolute Gasteiger partial charge is 0.338 e. The number of hydrogen-bond donors (Lipinski definition) is 1. The molecule has 2 amide bonds. The first-order valence-electron chi connectivity index (χ1n) is 10.7. The molecule has 4 rings (SSSR count). The molecule has 0 aromatic heterocycles. The van der Waals surface area contributed by atoms with Gasteiger partial charge in [0.25, 0.3) is 5.91 Å². The molecule has 0 spiro atoms. The van der Waals surface area contributed by atoms with E-state index in [1.54, 1.807) is 53.4 Å². The van der Waals surface area contributed by atoms with Crippen molar-refractivity contribution in [2.75, 3.05) is 16.8 Å². The highest BCUT2D eigenvalue weighted by Gasteiger charge is 2.23. The third-order valence-corrected chi connectivity index (χ3v) is 5.24. The molecule has 1 unspecified atom stereocenters. The van der Waals surface area contributed by atoms with E-state index in [1.165, 1.54) is 6.92 Å². The Hall–Kier alpha value is -4.13. The van der Waals surface area contributed by atoms with Crippen molar-refractivity contribution in [1.29, 1.82) is 0 Å². The van der Waals surface area contributed by atoms with Gasteiger partial charge >= 0.3 is 5.97 Å². The summed E-state index contributed by atoms with van der Waals surface area (Å²) in [6, 6.07) is 22.9. The fourth-order valence-corrected chi connectivity index (χ4v) is 3.46. The molecule has 1 fully saturated rings. The Bertz CT molecular complexity index is 1130. The van der Waals surface area contributed by atoms with Crippen LogP contribution in [0.3, 0.4) is 0 Å². The molecular formula is C26H24N2O5. The largest absolute Gasteiger partial charge is 0.457 e. The Morgan fingerprint density at radius 3 is 2.21 bits per heavy atom. The van der Waals surface area contributed by atoms with Crippen LogP contribution in [0.2, 0.25) is 0 Å². The molecule has 1 aliphatic heterocycles. The van der Waals surface area contributed by atoms with E-state index in [0.717, 1.165) is 17.9 Å². The minimum absolute atomic E-state index is 0.0790. The maximum Gasteiger partial charge on any atom is 0.338 e. The van der Waals surface area contributed by atoms with Crippen molar-refractivity contribution in [2.45, 2.75) is 25.9 Å². The SMILES string of the molecule is CC(OC(=O)c1ccc(N2CCCC2=O)cc1)C(=O)Nc1ccc(Oc2ccccc2)cc1. The Morgan fingerprint density at radius 2 is 1.58 bits per heavy atom. The monoisotopic (exact) mass is 444 g/mol. The van der Waals surface area contributed by atoms with E-state index in [-0.39, 0.29) is 5.91 Å². The summed E-state index contributed by atoms with van der Waals surface area (Å²) in [6.07, 6.45) is 0.384. The average molecular weight is 444 g/mol. The van der Waals surface area contributed by atoms with Crippen LogP contribution in [0, 0.1) is 0 Å². The number of rotatable bonds is 7. The normalized spacial score (nSPS) is 14.0. The zero-order valence-electron chi connectivity index (χ0n) is 18.2. The third kappa shape index (κ3) is 5.57. The van der Waals surface area contributed by atoms with Gasteiger partial charge in [0.1, 0.15) is 11.5 Å². The van der Waals surface area contributed by atoms with Gasteiger partial charge in [-0.3, -0.25) is 9.59 Å². The average Bonchev–Trinajstić information content (AvgIpc) is 3.27. The van der Waals surface area contributed by atoms with Crippen LogP contribution in [-0.4, -0.2) is 30.4 Å². The lowest BCUT2D eigenvalue weighted by molar-refractivity contribution is -0.123. The molecule has 0 aliphatic carbocycles. The highest BCUT2D eigenvalue weighted by molar-refractivity contribution is 5.98. The van der Waals surface area contributed by atoms with Crippen LogP contribution in [0.5, 0.6) is 11.5 Å². The van der Waals surface area contributed by atoms with Gasteiger partial charge in [-0.15, -0.1) is 0 Å². The lowest BCUT2D eigenvalue weighted by Gasteiger charge is -2.16. The van der Waals surface area contributed by atoms with E-state index in [9.17, 15) is 14.4 Å². The second-order valence-electron chi connectivity index (χ2n) is 7.67. The number of nitrogens with zero attached hydrogens (tertiary/aromatic N) is 1. The standard InChI is InChI=1S/C26H24N2O5/c1-18(32-26(31)19-9-13-21(14-10-19)28-17-5-8-24(28)29)25(30)27-20-11-15-23(16-12-20)33-22-6-3-2-4-7-22/h2-4,6-7,9-16,18H,5,8,17H2,1H3,(H,27,30). The molecule has 3 aromatic carbocycles. The van der Waals surface area contributed by atoms with Crippen LogP contribution < -0.4 is 15.0 Å². The van der Waals surface area contributed by atoms with Gasteiger partial charge in [-0.25, -0.2) is 4.79 Å². The highest BCUT2D eigenvalue weighted by atomic mass is 16.5. The lowest BCUT2D eigenvalue weighted by atomic mass is 10.2. The van der Waals surface area contributed by atoms with Gasteiger partial charge in [-0.05, 0) is 74.0 Å². The highest BCUT2D eigenvalue weighted by Crippen LogP contribution is 2.24. The van der Waals surface area contributed by atoms with Crippen molar-refractivity contribution in [3.63, 3.8) is 0 Å². The van der Waals surface area contributed by atoms with E-state index in [2.05, 4.69) is 5.32 Å². The van der Waals surface area contributed by atoms with E-state index >= 15 is 0 Å². The number of nitrogens with one attached hydrogen (secondary N) is 1. The summed E-state index contributed by atoms with van der Waals surface area (Å²) in [4.78, 5) is 38.4. The molecule has 1 saturated heterocycles. The van der Waals surface area contributed by atoms with Gasteiger partial charge in [0.2, 0.25) is 5.91 Å². The minimum Gasteiger partial charge on any atom is -0.457 e. The minimum atomic E-state index is -0.988. The summed E-state index contributed by atoms with van der Waals surface area (Å²) in [5.74, 6) is 0.380. The second kappa shape index (κ2) is 9.99. The van der Waals surface area contributed by atoms with E-state index in [4.69, 9.17) is 9.47 Å². The molecule has 1 heterocycles. The van der Waals surface area contributed by atoms with Crippen molar-refractivity contribution in [2.24, 2.45) is 0 Å². The lowest BCUT2D eigenvalue weighted by Crippen LogP contribution is -2.30. The Labute approximate surface area is 191 Å². The topological polar surface area (TPSA) is 84.9 Å². The molecular weight excluding hydrogens is 420 g/mol. The van der Waals surface area contributed by atoms with E-state index < -0.39 is 18.0 Å². The molecule has 3 aromatic rings. The second-order valence-corrected chi connectivity index (χ2v) is 7.67. The fourth-order valence-electron chi connectivity index (χ4n) is 3.46. The molecule has 0 radical (unpaired) electrons. The molecule has 7 heteroatoms. The maximum atomic E-state index is 12.5. The number of hydrogen-bond acceptors (Lipinski definition) is 5. The van der Waals surface area contributed by atoms with Crippen LogP contribution >= 0.6 is 0 Å². The first-order chi connectivity index (χ1) is 16.0. The Kier molecular flexibility index (Phi) is 6.69. The third-order valence-electron chi connectivity index (χ3n) is 5.24. The summed E-state index contributed by atoms with van der Waals surface area (Å²) >= 11 is 0. The predicted molar refractivity (Wildman–Crippen MR) is 124 cm³/mol. The number of para-hydroxylation sites is 1.